The molecule has 0 radical (unpaired) electrons. The first-order valence-electron chi connectivity index (χ1n) is 8.82. The van der Waals surface area contributed by atoms with Crippen LogP contribution >= 0.6 is 0 Å². The SMILES string of the molecule is CN1CCN(CC(O)CN(C)Cc2ccc(F)c3cccnc23)CC1. The van der Waals surface area contributed by atoms with Crippen LogP contribution in [0.1, 0.15) is 5.56 Å². The normalized spacial score (nSPS) is 18.1. The smallest absolute Gasteiger partial charge is 0.132 e. The Bertz CT molecular complexity index is 703. The Kier molecular flexibility index (Phi) is 5.96. The van der Waals surface area contributed by atoms with E-state index >= 15 is 0 Å². The van der Waals surface area contributed by atoms with Crippen LogP contribution in [0.2, 0.25) is 0 Å². The summed E-state index contributed by atoms with van der Waals surface area (Å²) in [7, 11) is 4.11. The fraction of sp³-hybridized carbons (Fsp3) is 0.526. The van der Waals surface area contributed by atoms with Gasteiger partial charge in [-0.25, -0.2) is 4.39 Å². The van der Waals surface area contributed by atoms with Gasteiger partial charge in [0.05, 0.1) is 11.6 Å². The maximum absolute atomic E-state index is 13.9. The highest BCUT2D eigenvalue weighted by Gasteiger charge is 2.18. The van der Waals surface area contributed by atoms with Gasteiger partial charge in [-0.05, 0) is 37.9 Å². The number of benzene rings is 1. The number of rotatable bonds is 6. The minimum atomic E-state index is -0.395. The summed E-state index contributed by atoms with van der Waals surface area (Å²) in [5, 5.41) is 10.9. The van der Waals surface area contributed by atoms with Gasteiger partial charge in [0.15, 0.2) is 0 Å². The Labute approximate surface area is 148 Å². The second kappa shape index (κ2) is 8.19. The van der Waals surface area contributed by atoms with E-state index in [1.54, 1.807) is 24.4 Å². The van der Waals surface area contributed by atoms with Gasteiger partial charge >= 0.3 is 0 Å². The number of hydrogen-bond donors (Lipinski definition) is 1. The van der Waals surface area contributed by atoms with Crippen molar-refractivity contribution in [1.29, 1.82) is 0 Å². The van der Waals surface area contributed by atoms with Crippen LogP contribution in [0.4, 0.5) is 4.39 Å². The zero-order chi connectivity index (χ0) is 17.8. The van der Waals surface area contributed by atoms with Crippen molar-refractivity contribution in [3.05, 3.63) is 41.8 Å². The maximum atomic E-state index is 13.9. The van der Waals surface area contributed by atoms with E-state index in [0.29, 0.717) is 30.5 Å². The second-order valence-electron chi connectivity index (χ2n) is 7.06. The van der Waals surface area contributed by atoms with Crippen molar-refractivity contribution in [3.8, 4) is 0 Å². The number of β-amino-alcohol motifs (C(OH)–C–C–N with tert-alkyl or cyclic N) is 1. The Morgan fingerprint density at radius 1 is 1.24 bits per heavy atom. The molecule has 0 aliphatic carbocycles. The average molecular weight is 346 g/mol. The monoisotopic (exact) mass is 346 g/mol. The van der Waals surface area contributed by atoms with E-state index in [4.69, 9.17) is 0 Å². The molecule has 1 fully saturated rings. The summed E-state index contributed by atoms with van der Waals surface area (Å²) in [5.41, 5.74) is 1.68. The Morgan fingerprint density at radius 2 is 2.00 bits per heavy atom. The minimum Gasteiger partial charge on any atom is -0.390 e. The highest BCUT2D eigenvalue weighted by Crippen LogP contribution is 2.20. The van der Waals surface area contributed by atoms with E-state index in [1.165, 1.54) is 6.07 Å². The number of pyridine rings is 1. The highest BCUT2D eigenvalue weighted by molar-refractivity contribution is 5.82. The van der Waals surface area contributed by atoms with Crippen molar-refractivity contribution in [2.75, 3.05) is 53.4 Å². The molecule has 2 heterocycles. The summed E-state index contributed by atoms with van der Waals surface area (Å²) in [6, 6.07) is 6.78. The molecule has 0 bridgehead atoms. The van der Waals surface area contributed by atoms with Gasteiger partial charge in [0.2, 0.25) is 0 Å². The van der Waals surface area contributed by atoms with Crippen molar-refractivity contribution in [2.24, 2.45) is 0 Å². The molecule has 1 aromatic heterocycles. The Balaban J connectivity index is 1.57. The van der Waals surface area contributed by atoms with Crippen molar-refractivity contribution < 1.29 is 9.50 Å². The first kappa shape index (κ1) is 18.2. The zero-order valence-corrected chi connectivity index (χ0v) is 15.0. The first-order valence-corrected chi connectivity index (χ1v) is 8.82. The number of likely N-dealkylation sites (N-methyl/N-ethyl adjacent to an activating group) is 2. The summed E-state index contributed by atoms with van der Waals surface area (Å²) >= 11 is 0. The number of piperazine rings is 1. The fourth-order valence-corrected chi connectivity index (χ4v) is 3.43. The summed E-state index contributed by atoms with van der Waals surface area (Å²) in [6.07, 6.45) is 1.29. The van der Waals surface area contributed by atoms with Crippen LogP contribution in [0.3, 0.4) is 0 Å². The number of aliphatic hydroxyl groups excluding tert-OH is 1. The van der Waals surface area contributed by atoms with Crippen LogP contribution in [0.15, 0.2) is 30.5 Å². The molecular weight excluding hydrogens is 319 g/mol. The molecule has 1 aliphatic rings. The summed E-state index contributed by atoms with van der Waals surface area (Å²) in [4.78, 5) is 11.0. The predicted octanol–water partition coefficient (Wildman–Crippen LogP) is 1.41. The summed E-state index contributed by atoms with van der Waals surface area (Å²) < 4.78 is 13.9. The number of halogens is 1. The first-order chi connectivity index (χ1) is 12.0. The van der Waals surface area contributed by atoms with E-state index in [2.05, 4.69) is 26.7 Å². The number of aromatic nitrogens is 1. The molecular formula is C19H27FN4O. The van der Waals surface area contributed by atoms with E-state index in [9.17, 15) is 9.50 Å². The molecule has 25 heavy (non-hydrogen) atoms. The van der Waals surface area contributed by atoms with Gasteiger partial charge in [0.25, 0.3) is 0 Å². The lowest BCUT2D eigenvalue weighted by atomic mass is 10.1. The topological polar surface area (TPSA) is 42.8 Å². The van der Waals surface area contributed by atoms with Crippen LogP contribution in [0, 0.1) is 5.82 Å². The van der Waals surface area contributed by atoms with E-state index in [-0.39, 0.29) is 5.82 Å². The Hall–Kier alpha value is -1.60. The Morgan fingerprint density at radius 3 is 2.76 bits per heavy atom. The second-order valence-corrected chi connectivity index (χ2v) is 7.06. The lowest BCUT2D eigenvalue weighted by Gasteiger charge is -2.34. The molecule has 1 aromatic carbocycles. The van der Waals surface area contributed by atoms with Crippen LogP contribution in [-0.2, 0) is 6.54 Å². The predicted molar refractivity (Wildman–Crippen MR) is 98.0 cm³/mol. The fourth-order valence-electron chi connectivity index (χ4n) is 3.43. The molecule has 1 unspecified atom stereocenters. The molecule has 1 aliphatic heterocycles. The van der Waals surface area contributed by atoms with E-state index < -0.39 is 6.10 Å². The third-order valence-corrected chi connectivity index (χ3v) is 4.83. The molecule has 1 saturated heterocycles. The molecule has 3 rings (SSSR count). The number of hydrogen-bond acceptors (Lipinski definition) is 5. The molecule has 6 heteroatoms. The molecule has 1 N–H and O–H groups in total. The van der Waals surface area contributed by atoms with Gasteiger partial charge in [0.1, 0.15) is 5.82 Å². The largest absolute Gasteiger partial charge is 0.390 e. The minimum absolute atomic E-state index is 0.246. The van der Waals surface area contributed by atoms with Gasteiger partial charge in [0, 0.05) is 57.4 Å². The quantitative estimate of drug-likeness (QED) is 0.857. The molecule has 0 amide bonds. The third kappa shape index (κ3) is 4.73. The molecule has 0 spiro atoms. The lowest BCUT2D eigenvalue weighted by molar-refractivity contribution is 0.0594. The standard InChI is InChI=1S/C19H27FN4O/c1-22-8-10-24(11-9-22)14-16(25)13-23(2)12-15-5-6-18(20)17-4-3-7-21-19(15)17/h3-7,16,25H,8-14H2,1-2H3. The molecule has 2 aromatic rings. The van der Waals surface area contributed by atoms with Gasteiger partial charge < -0.3 is 10.0 Å². The van der Waals surface area contributed by atoms with Crippen molar-refractivity contribution in [3.63, 3.8) is 0 Å². The van der Waals surface area contributed by atoms with Crippen molar-refractivity contribution >= 4 is 10.9 Å². The van der Waals surface area contributed by atoms with E-state index in [1.807, 2.05) is 7.05 Å². The van der Waals surface area contributed by atoms with Gasteiger partial charge in [-0.2, -0.15) is 0 Å². The summed E-state index contributed by atoms with van der Waals surface area (Å²) in [5.74, 6) is -0.246. The lowest BCUT2D eigenvalue weighted by Crippen LogP contribution is -2.48. The van der Waals surface area contributed by atoms with Crippen molar-refractivity contribution in [2.45, 2.75) is 12.6 Å². The number of aliphatic hydroxyl groups is 1. The number of nitrogens with zero attached hydrogens (tertiary/aromatic N) is 4. The number of fused-ring (bicyclic) bond motifs is 1. The van der Waals surface area contributed by atoms with Crippen LogP contribution in [0.25, 0.3) is 10.9 Å². The van der Waals surface area contributed by atoms with Crippen LogP contribution in [-0.4, -0.2) is 84.3 Å². The van der Waals surface area contributed by atoms with Gasteiger partial charge in [-0.15, -0.1) is 0 Å². The van der Waals surface area contributed by atoms with E-state index in [0.717, 1.165) is 31.7 Å². The molecule has 0 saturated carbocycles. The van der Waals surface area contributed by atoms with Gasteiger partial charge in [-0.1, -0.05) is 6.07 Å². The molecule has 136 valence electrons. The average Bonchev–Trinajstić information content (AvgIpc) is 2.59. The molecule has 5 nitrogen and oxygen atoms in total. The molecule has 1 atom stereocenters. The van der Waals surface area contributed by atoms with Crippen LogP contribution in [0.5, 0.6) is 0 Å². The van der Waals surface area contributed by atoms with Crippen LogP contribution < -0.4 is 0 Å². The van der Waals surface area contributed by atoms with Crippen molar-refractivity contribution in [1.82, 2.24) is 19.7 Å². The highest BCUT2D eigenvalue weighted by atomic mass is 19.1. The van der Waals surface area contributed by atoms with Gasteiger partial charge in [-0.3, -0.25) is 14.8 Å². The third-order valence-electron chi connectivity index (χ3n) is 4.83. The zero-order valence-electron chi connectivity index (χ0n) is 15.0. The summed E-state index contributed by atoms with van der Waals surface area (Å²) in [6.45, 7) is 6.02. The maximum Gasteiger partial charge on any atom is 0.132 e.